The monoisotopic (exact) mass is 305 g/mol. The molecule has 1 aliphatic heterocycles. The van der Waals surface area contributed by atoms with E-state index >= 15 is 0 Å². The number of ether oxygens (including phenoxy) is 1. The van der Waals surface area contributed by atoms with Crippen molar-refractivity contribution in [3.63, 3.8) is 0 Å². The largest absolute Gasteiger partial charge is 0.461 e. The zero-order chi connectivity index (χ0) is 15.2. The van der Waals surface area contributed by atoms with E-state index in [1.165, 1.54) is 18.2 Å². The number of anilines is 1. The lowest BCUT2D eigenvalue weighted by Crippen LogP contribution is -2.36. The van der Waals surface area contributed by atoms with Gasteiger partial charge in [-0.3, -0.25) is 0 Å². The molecule has 1 heterocycles. The second kappa shape index (κ2) is 4.63. The van der Waals surface area contributed by atoms with Crippen LogP contribution < -0.4 is 16.2 Å². The highest BCUT2D eigenvalue weighted by atomic mass is 35.5. The predicted octanol–water partition coefficient (Wildman–Crippen LogP) is 3.03. The van der Waals surface area contributed by atoms with Crippen LogP contribution in [0.2, 0.25) is 5.02 Å². The Labute approximate surface area is 126 Å². The summed E-state index contributed by atoms with van der Waals surface area (Å²) in [6.45, 7) is 1.63. The molecule has 0 fully saturated rings. The first kappa shape index (κ1) is 13.7. The summed E-state index contributed by atoms with van der Waals surface area (Å²) in [5, 5.41) is 0.522. The van der Waals surface area contributed by atoms with Gasteiger partial charge in [0.25, 0.3) is 0 Å². The molecule has 1 atom stereocenters. The Balaban J connectivity index is 2.15. The van der Waals surface area contributed by atoms with Gasteiger partial charge in [-0.15, -0.1) is 0 Å². The zero-order valence-electron chi connectivity index (χ0n) is 11.2. The van der Waals surface area contributed by atoms with E-state index in [2.05, 4.69) is 4.99 Å². The van der Waals surface area contributed by atoms with Gasteiger partial charge in [0, 0.05) is 17.6 Å². The Hall–Kier alpha value is -2.27. The highest BCUT2D eigenvalue weighted by Crippen LogP contribution is 2.38. The van der Waals surface area contributed by atoms with Crippen LogP contribution in [0, 0.1) is 5.82 Å². The number of nitrogen functional groups attached to an aromatic ring is 1. The van der Waals surface area contributed by atoms with Gasteiger partial charge in [0.15, 0.2) is 0 Å². The summed E-state index contributed by atoms with van der Waals surface area (Å²) in [5.41, 5.74) is 11.7. The van der Waals surface area contributed by atoms with Crippen LogP contribution in [0.1, 0.15) is 18.1 Å². The molecule has 0 spiro atoms. The summed E-state index contributed by atoms with van der Waals surface area (Å²) in [5.74, 6) is 0.278. The third kappa shape index (κ3) is 2.29. The first-order valence-electron chi connectivity index (χ1n) is 6.29. The van der Waals surface area contributed by atoms with Crippen LogP contribution >= 0.6 is 11.6 Å². The molecule has 3 rings (SSSR count). The van der Waals surface area contributed by atoms with E-state index in [1.54, 1.807) is 25.1 Å². The highest BCUT2D eigenvalue weighted by molar-refractivity contribution is 6.31. The van der Waals surface area contributed by atoms with Crippen molar-refractivity contribution in [2.75, 3.05) is 5.73 Å². The van der Waals surface area contributed by atoms with E-state index in [0.29, 0.717) is 22.0 Å². The van der Waals surface area contributed by atoms with E-state index in [4.69, 9.17) is 27.8 Å². The third-order valence-electron chi connectivity index (χ3n) is 3.35. The number of hydrogen-bond donors (Lipinski definition) is 2. The van der Waals surface area contributed by atoms with Crippen LogP contribution in [0.5, 0.6) is 5.75 Å². The molecule has 0 saturated heterocycles. The average molecular weight is 306 g/mol. The zero-order valence-corrected chi connectivity index (χ0v) is 12.0. The van der Waals surface area contributed by atoms with Crippen LogP contribution in [0.4, 0.5) is 10.1 Å². The fourth-order valence-corrected chi connectivity index (χ4v) is 2.50. The number of fused-ring (bicyclic) bond motifs is 1. The van der Waals surface area contributed by atoms with Crippen molar-refractivity contribution in [3.05, 3.63) is 58.4 Å². The van der Waals surface area contributed by atoms with Gasteiger partial charge in [-0.2, -0.15) is 0 Å². The van der Waals surface area contributed by atoms with Crippen molar-refractivity contribution in [2.45, 2.75) is 12.6 Å². The van der Waals surface area contributed by atoms with Crippen LogP contribution in [-0.4, -0.2) is 5.84 Å². The lowest BCUT2D eigenvalue weighted by Gasteiger charge is -2.32. The Kier molecular flexibility index (Phi) is 3.02. The summed E-state index contributed by atoms with van der Waals surface area (Å²) < 4.78 is 19.9. The van der Waals surface area contributed by atoms with Crippen LogP contribution in [0.3, 0.4) is 0 Å². The van der Waals surface area contributed by atoms with Gasteiger partial charge < -0.3 is 16.2 Å². The quantitative estimate of drug-likeness (QED) is 0.795. The molecule has 4 N–H and O–H groups in total. The molecule has 0 saturated carbocycles. The topological polar surface area (TPSA) is 73.6 Å². The molecule has 6 heteroatoms. The molecule has 0 aliphatic carbocycles. The summed E-state index contributed by atoms with van der Waals surface area (Å²) in [6, 6.07) is 9.27. The number of aliphatic imine (C=N–C) groups is 1. The second-order valence-electron chi connectivity index (χ2n) is 4.96. The lowest BCUT2D eigenvalue weighted by atomic mass is 10.0. The van der Waals surface area contributed by atoms with Crippen molar-refractivity contribution in [1.29, 1.82) is 0 Å². The first-order valence-corrected chi connectivity index (χ1v) is 6.66. The molecule has 2 aromatic rings. The van der Waals surface area contributed by atoms with Gasteiger partial charge in [0.05, 0.1) is 11.1 Å². The van der Waals surface area contributed by atoms with Gasteiger partial charge in [-0.1, -0.05) is 11.6 Å². The van der Waals surface area contributed by atoms with E-state index in [9.17, 15) is 4.39 Å². The molecule has 1 aliphatic rings. The summed E-state index contributed by atoms with van der Waals surface area (Å²) in [6.07, 6.45) is 0. The SMILES string of the molecule is CC1(c2cc(N)ccc2F)N=C(N)c2cc(Cl)ccc2O1. The molecule has 108 valence electrons. The Bertz CT molecular complexity index is 763. The summed E-state index contributed by atoms with van der Waals surface area (Å²) >= 11 is 5.93. The van der Waals surface area contributed by atoms with Crippen molar-refractivity contribution in [3.8, 4) is 5.75 Å². The summed E-state index contributed by atoms with van der Waals surface area (Å²) in [4.78, 5) is 4.29. The van der Waals surface area contributed by atoms with Crippen molar-refractivity contribution in [2.24, 2.45) is 10.7 Å². The van der Waals surface area contributed by atoms with Gasteiger partial charge in [-0.25, -0.2) is 9.38 Å². The number of benzene rings is 2. The Morgan fingerprint density at radius 3 is 2.71 bits per heavy atom. The fraction of sp³-hybridized carbons (Fsp3) is 0.133. The normalized spacial score (nSPS) is 20.4. The predicted molar refractivity (Wildman–Crippen MR) is 81.0 cm³/mol. The van der Waals surface area contributed by atoms with Gasteiger partial charge in [0.1, 0.15) is 17.4 Å². The van der Waals surface area contributed by atoms with Gasteiger partial charge in [0.2, 0.25) is 5.72 Å². The maximum atomic E-state index is 14.1. The smallest absolute Gasteiger partial charge is 0.228 e. The van der Waals surface area contributed by atoms with E-state index in [0.717, 1.165) is 0 Å². The van der Waals surface area contributed by atoms with Gasteiger partial charge >= 0.3 is 0 Å². The second-order valence-corrected chi connectivity index (χ2v) is 5.40. The molecule has 0 radical (unpaired) electrons. The van der Waals surface area contributed by atoms with Crippen molar-refractivity contribution >= 4 is 23.1 Å². The molecule has 0 amide bonds. The molecule has 0 aromatic heterocycles. The maximum absolute atomic E-state index is 14.1. The number of nitrogens with zero attached hydrogens (tertiary/aromatic N) is 1. The van der Waals surface area contributed by atoms with E-state index < -0.39 is 11.5 Å². The third-order valence-corrected chi connectivity index (χ3v) is 3.59. The molecule has 21 heavy (non-hydrogen) atoms. The minimum Gasteiger partial charge on any atom is -0.461 e. The number of nitrogens with two attached hydrogens (primary N) is 2. The molecule has 4 nitrogen and oxygen atoms in total. The molecule has 1 unspecified atom stereocenters. The average Bonchev–Trinajstić information content (AvgIpc) is 2.42. The number of amidine groups is 1. The maximum Gasteiger partial charge on any atom is 0.228 e. The first-order chi connectivity index (χ1) is 9.89. The van der Waals surface area contributed by atoms with Crippen molar-refractivity contribution < 1.29 is 9.13 Å². The minimum absolute atomic E-state index is 0.228. The summed E-state index contributed by atoms with van der Waals surface area (Å²) in [7, 11) is 0. The van der Waals surface area contributed by atoms with Gasteiger partial charge in [-0.05, 0) is 36.4 Å². The Morgan fingerprint density at radius 1 is 1.19 bits per heavy atom. The van der Waals surface area contributed by atoms with Crippen LogP contribution in [-0.2, 0) is 5.72 Å². The molecular weight excluding hydrogens is 293 g/mol. The molecule has 2 aromatic carbocycles. The lowest BCUT2D eigenvalue weighted by molar-refractivity contribution is 0.0886. The van der Waals surface area contributed by atoms with Crippen LogP contribution in [0.25, 0.3) is 0 Å². The highest BCUT2D eigenvalue weighted by Gasteiger charge is 2.36. The molecular formula is C15H13ClFN3O. The number of halogens is 2. The number of hydrogen-bond acceptors (Lipinski definition) is 4. The van der Waals surface area contributed by atoms with Crippen molar-refractivity contribution in [1.82, 2.24) is 0 Å². The fourth-order valence-electron chi connectivity index (χ4n) is 2.33. The Morgan fingerprint density at radius 2 is 1.95 bits per heavy atom. The minimum atomic E-state index is -1.27. The standard InChI is InChI=1S/C15H13ClFN3O/c1-15(11-7-9(18)3-4-12(11)17)20-14(19)10-6-8(16)2-5-13(10)21-15/h2-7H,18H2,1H3,(H2,19,20). The van der Waals surface area contributed by atoms with E-state index in [-0.39, 0.29) is 11.4 Å². The molecule has 0 bridgehead atoms. The van der Waals surface area contributed by atoms with Crippen LogP contribution in [0.15, 0.2) is 41.4 Å². The van der Waals surface area contributed by atoms with E-state index in [1.807, 2.05) is 0 Å². The number of rotatable bonds is 1.